The van der Waals surface area contributed by atoms with Crippen molar-refractivity contribution in [1.82, 2.24) is 10.2 Å². The molecular weight excluding hydrogens is 236 g/mol. The Morgan fingerprint density at radius 3 is 2.37 bits per heavy atom. The first-order valence-corrected chi connectivity index (χ1v) is 8.33. The van der Waals surface area contributed by atoms with Crippen molar-refractivity contribution in [2.75, 3.05) is 19.6 Å². The van der Waals surface area contributed by atoms with Crippen molar-refractivity contribution >= 4 is 5.91 Å². The minimum atomic E-state index is 0.394. The average molecular weight is 264 g/mol. The van der Waals surface area contributed by atoms with E-state index in [4.69, 9.17) is 0 Å². The Labute approximate surface area is 117 Å². The lowest BCUT2D eigenvalue weighted by Gasteiger charge is -2.30. The summed E-state index contributed by atoms with van der Waals surface area (Å²) in [4.78, 5) is 14.8. The van der Waals surface area contributed by atoms with E-state index < -0.39 is 0 Å². The van der Waals surface area contributed by atoms with E-state index >= 15 is 0 Å². The van der Waals surface area contributed by atoms with Gasteiger partial charge in [-0.15, -0.1) is 0 Å². The molecule has 1 aliphatic heterocycles. The number of carbonyl (C=O) groups excluding carboxylic acids is 1. The molecule has 1 amide bonds. The van der Waals surface area contributed by atoms with Crippen molar-refractivity contribution in [2.24, 2.45) is 17.8 Å². The highest BCUT2D eigenvalue weighted by Gasteiger charge is 2.55. The number of nitrogens with one attached hydrogen (secondary N) is 1. The van der Waals surface area contributed by atoms with Crippen LogP contribution in [0.5, 0.6) is 0 Å². The molecule has 3 atom stereocenters. The average Bonchev–Trinajstić information content (AvgIpc) is 3.19. The highest BCUT2D eigenvalue weighted by molar-refractivity contribution is 5.82. The number of hydrogen-bond acceptors (Lipinski definition) is 2. The highest BCUT2D eigenvalue weighted by Crippen LogP contribution is 2.56. The van der Waals surface area contributed by atoms with E-state index in [1.165, 1.54) is 44.9 Å². The van der Waals surface area contributed by atoms with Crippen LogP contribution >= 0.6 is 0 Å². The first-order chi connectivity index (χ1) is 9.31. The normalized spacial score (nSPS) is 37.5. The van der Waals surface area contributed by atoms with E-state index in [1.54, 1.807) is 0 Å². The van der Waals surface area contributed by atoms with Crippen LogP contribution in [-0.4, -0.2) is 36.5 Å². The molecule has 108 valence electrons. The first kappa shape index (κ1) is 13.4. The molecule has 3 rings (SSSR count). The van der Waals surface area contributed by atoms with E-state index in [9.17, 15) is 4.79 Å². The van der Waals surface area contributed by atoms with Gasteiger partial charge < -0.3 is 10.2 Å². The molecule has 3 nitrogen and oxygen atoms in total. The van der Waals surface area contributed by atoms with Crippen LogP contribution in [-0.2, 0) is 4.79 Å². The highest BCUT2D eigenvalue weighted by atomic mass is 16.2. The van der Waals surface area contributed by atoms with Gasteiger partial charge in [-0.25, -0.2) is 0 Å². The second-order valence-electron chi connectivity index (χ2n) is 6.66. The Morgan fingerprint density at radius 2 is 1.79 bits per heavy atom. The number of hydrogen-bond donors (Lipinski definition) is 1. The minimum absolute atomic E-state index is 0.394. The topological polar surface area (TPSA) is 32.3 Å². The molecule has 3 fully saturated rings. The summed E-state index contributed by atoms with van der Waals surface area (Å²) < 4.78 is 0. The zero-order chi connectivity index (χ0) is 13.2. The van der Waals surface area contributed by atoms with Crippen molar-refractivity contribution in [2.45, 2.75) is 57.9 Å². The van der Waals surface area contributed by atoms with Gasteiger partial charge in [0.15, 0.2) is 0 Å². The smallest absolute Gasteiger partial charge is 0.226 e. The van der Waals surface area contributed by atoms with Crippen molar-refractivity contribution in [1.29, 1.82) is 0 Å². The fourth-order valence-electron chi connectivity index (χ4n) is 4.29. The Bertz CT molecular complexity index is 313. The molecule has 2 saturated carbocycles. The molecule has 0 aromatic rings. The number of likely N-dealkylation sites (N-methyl/N-ethyl adjacent to an activating group) is 1. The fraction of sp³-hybridized carbons (Fsp3) is 0.938. The molecule has 0 aromatic heterocycles. The Hall–Kier alpha value is -0.570. The Morgan fingerprint density at radius 1 is 1.11 bits per heavy atom. The fourth-order valence-corrected chi connectivity index (χ4v) is 4.29. The van der Waals surface area contributed by atoms with Crippen molar-refractivity contribution in [3.8, 4) is 0 Å². The molecule has 1 heterocycles. The van der Waals surface area contributed by atoms with E-state index in [0.717, 1.165) is 31.5 Å². The third-order valence-corrected chi connectivity index (χ3v) is 5.49. The molecule has 0 bridgehead atoms. The molecule has 3 aliphatic rings. The van der Waals surface area contributed by atoms with Crippen LogP contribution in [0.1, 0.15) is 51.9 Å². The summed E-state index contributed by atoms with van der Waals surface area (Å²) in [5.41, 5.74) is 0. The first-order valence-electron chi connectivity index (χ1n) is 8.33. The Balaban J connectivity index is 1.54. The van der Waals surface area contributed by atoms with Gasteiger partial charge in [0.2, 0.25) is 5.91 Å². The maximum absolute atomic E-state index is 12.7. The van der Waals surface area contributed by atoms with Gasteiger partial charge in [0.25, 0.3) is 0 Å². The van der Waals surface area contributed by atoms with Crippen LogP contribution in [0, 0.1) is 17.8 Å². The van der Waals surface area contributed by atoms with Crippen LogP contribution < -0.4 is 5.32 Å². The Kier molecular flexibility index (Phi) is 4.11. The monoisotopic (exact) mass is 264 g/mol. The van der Waals surface area contributed by atoms with Gasteiger partial charge in [0, 0.05) is 25.0 Å². The zero-order valence-corrected chi connectivity index (χ0v) is 12.2. The van der Waals surface area contributed by atoms with Crippen molar-refractivity contribution in [3.05, 3.63) is 0 Å². The molecule has 3 unspecified atom stereocenters. The third kappa shape index (κ3) is 2.81. The predicted octanol–water partition coefficient (Wildman–Crippen LogP) is 2.41. The third-order valence-electron chi connectivity index (χ3n) is 5.49. The van der Waals surface area contributed by atoms with Crippen LogP contribution in [0.25, 0.3) is 0 Å². The molecule has 1 N–H and O–H groups in total. The molecule has 2 aliphatic carbocycles. The number of fused-ring (bicyclic) bond motifs is 1. The summed E-state index contributed by atoms with van der Waals surface area (Å²) in [6.45, 7) is 5.08. The lowest BCUT2D eigenvalue weighted by Crippen LogP contribution is -2.46. The standard InChI is InChI=1S/C16H28N2O/c1-2-18(11-12-7-5-6-10-17-12)16(19)15-13-8-3-4-9-14(13)15/h12-15,17H,2-11H2,1H3. The lowest BCUT2D eigenvalue weighted by molar-refractivity contribution is -0.133. The number of nitrogens with zero attached hydrogens (tertiary/aromatic N) is 1. The summed E-state index contributed by atoms with van der Waals surface area (Å²) >= 11 is 0. The molecule has 0 aromatic carbocycles. The van der Waals surface area contributed by atoms with Crippen molar-refractivity contribution < 1.29 is 4.79 Å². The summed E-state index contributed by atoms with van der Waals surface area (Å²) in [5.74, 6) is 2.35. The van der Waals surface area contributed by atoms with E-state index in [-0.39, 0.29) is 0 Å². The van der Waals surface area contributed by atoms with Gasteiger partial charge in [-0.05, 0) is 51.0 Å². The minimum Gasteiger partial charge on any atom is -0.341 e. The van der Waals surface area contributed by atoms with Crippen LogP contribution in [0.4, 0.5) is 0 Å². The second kappa shape index (κ2) is 5.82. The van der Waals surface area contributed by atoms with E-state index in [2.05, 4.69) is 17.1 Å². The van der Waals surface area contributed by atoms with E-state index in [1.807, 2.05) is 0 Å². The molecular formula is C16H28N2O. The van der Waals surface area contributed by atoms with Gasteiger partial charge >= 0.3 is 0 Å². The molecule has 0 radical (unpaired) electrons. The summed E-state index contributed by atoms with van der Waals surface area (Å²) in [6, 6.07) is 0.540. The van der Waals surface area contributed by atoms with Crippen molar-refractivity contribution in [3.63, 3.8) is 0 Å². The van der Waals surface area contributed by atoms with Gasteiger partial charge in [-0.1, -0.05) is 19.3 Å². The number of piperidine rings is 1. The largest absolute Gasteiger partial charge is 0.341 e. The quantitative estimate of drug-likeness (QED) is 0.845. The van der Waals surface area contributed by atoms with Crippen LogP contribution in [0.3, 0.4) is 0 Å². The maximum Gasteiger partial charge on any atom is 0.226 e. The summed E-state index contributed by atoms with van der Waals surface area (Å²) in [6.07, 6.45) is 9.16. The van der Waals surface area contributed by atoms with Gasteiger partial charge in [-0.3, -0.25) is 4.79 Å². The van der Waals surface area contributed by atoms with Gasteiger partial charge in [0.1, 0.15) is 0 Å². The van der Waals surface area contributed by atoms with Crippen LogP contribution in [0.2, 0.25) is 0 Å². The van der Waals surface area contributed by atoms with Crippen LogP contribution in [0.15, 0.2) is 0 Å². The molecule has 19 heavy (non-hydrogen) atoms. The summed E-state index contributed by atoms with van der Waals surface area (Å²) in [7, 11) is 0. The SMILES string of the molecule is CCN(CC1CCCCN1)C(=O)C1C2CCCCC21. The van der Waals surface area contributed by atoms with Gasteiger partial charge in [0.05, 0.1) is 0 Å². The maximum atomic E-state index is 12.7. The lowest BCUT2D eigenvalue weighted by atomic mass is 10.0. The van der Waals surface area contributed by atoms with Gasteiger partial charge in [-0.2, -0.15) is 0 Å². The summed E-state index contributed by atoms with van der Waals surface area (Å²) in [5, 5.41) is 3.57. The number of amides is 1. The second-order valence-corrected chi connectivity index (χ2v) is 6.66. The predicted molar refractivity (Wildman–Crippen MR) is 76.8 cm³/mol. The number of rotatable bonds is 4. The van der Waals surface area contributed by atoms with E-state index in [0.29, 0.717) is 17.9 Å². The molecule has 1 saturated heterocycles. The molecule has 3 heteroatoms. The zero-order valence-electron chi connectivity index (χ0n) is 12.2. The number of carbonyl (C=O) groups is 1. The molecule has 0 spiro atoms.